The predicted octanol–water partition coefficient (Wildman–Crippen LogP) is 6.13. The minimum atomic E-state index is 0.646. The number of benzene rings is 4. The summed E-state index contributed by atoms with van der Waals surface area (Å²) in [5.41, 5.74) is 17.0. The molecule has 0 aliphatic rings. The van der Waals surface area contributed by atoms with Gasteiger partial charge in [0.25, 0.3) is 0 Å². The fourth-order valence-electron chi connectivity index (χ4n) is 2.80. The first kappa shape index (κ1) is 19.0. The van der Waals surface area contributed by atoms with Crippen LogP contribution in [-0.4, -0.2) is 0 Å². The van der Waals surface area contributed by atoms with E-state index in [0.29, 0.717) is 11.4 Å². The van der Waals surface area contributed by atoms with E-state index in [1.54, 1.807) is 12.1 Å². The fourth-order valence-corrected chi connectivity index (χ4v) is 2.80. The van der Waals surface area contributed by atoms with Gasteiger partial charge in [0.1, 0.15) is 0 Å². The maximum atomic E-state index is 5.39. The molecule has 0 spiro atoms. The molecule has 0 atom stereocenters. The van der Waals surface area contributed by atoms with Crippen LogP contribution < -0.4 is 11.5 Å². The molecular weight excluding hydrogens is 340 g/mol. The second-order valence-electron chi connectivity index (χ2n) is 6.33. The smallest absolute Gasteiger partial charge is 0.0547 e. The fraction of sp³-hybridized carbons (Fsp3) is 0. The topological polar surface area (TPSA) is 52.0 Å². The quantitative estimate of drug-likeness (QED) is 0.339. The zero-order valence-electron chi connectivity index (χ0n) is 15.7. The van der Waals surface area contributed by atoms with Crippen LogP contribution in [0.1, 0.15) is 16.7 Å². The van der Waals surface area contributed by atoms with Crippen LogP contribution in [0.15, 0.2) is 115 Å². The molecule has 0 amide bonds. The number of nitrogens with two attached hydrogens (primary N) is 2. The van der Waals surface area contributed by atoms with Crippen molar-refractivity contribution < 1.29 is 0 Å². The molecule has 0 fully saturated rings. The zero-order valence-corrected chi connectivity index (χ0v) is 15.7. The Morgan fingerprint density at radius 1 is 0.464 bits per heavy atom. The Balaban J connectivity index is 0.000000236. The van der Waals surface area contributed by atoms with E-state index in [1.807, 2.05) is 18.2 Å². The van der Waals surface area contributed by atoms with Gasteiger partial charge in [-0.1, -0.05) is 103 Å². The van der Waals surface area contributed by atoms with Crippen LogP contribution in [0.25, 0.3) is 11.6 Å². The molecule has 4 aromatic rings. The third kappa shape index (κ3) is 5.36. The number of hydrogen-bond donors (Lipinski definition) is 2. The largest absolute Gasteiger partial charge is 0.397 e. The minimum absolute atomic E-state index is 0.646. The molecule has 0 aliphatic carbocycles. The summed E-state index contributed by atoms with van der Waals surface area (Å²) in [5.74, 6) is 0. The second-order valence-corrected chi connectivity index (χ2v) is 6.33. The summed E-state index contributed by atoms with van der Waals surface area (Å²) < 4.78 is 0. The van der Waals surface area contributed by atoms with Crippen molar-refractivity contribution in [1.29, 1.82) is 0 Å². The van der Waals surface area contributed by atoms with Crippen molar-refractivity contribution in [3.8, 4) is 0 Å². The lowest BCUT2D eigenvalue weighted by Crippen LogP contribution is -1.91. The summed E-state index contributed by atoms with van der Waals surface area (Å²) in [5, 5.41) is 0. The lowest BCUT2D eigenvalue weighted by atomic mass is 9.96. The molecule has 0 heterocycles. The van der Waals surface area contributed by atoms with E-state index in [1.165, 1.54) is 22.3 Å². The van der Waals surface area contributed by atoms with Gasteiger partial charge in [0.15, 0.2) is 0 Å². The highest BCUT2D eigenvalue weighted by Gasteiger charge is 2.04. The highest BCUT2D eigenvalue weighted by molar-refractivity contribution is 5.91. The number of anilines is 2. The van der Waals surface area contributed by atoms with Crippen molar-refractivity contribution in [3.05, 3.63) is 132 Å². The molecule has 4 aromatic carbocycles. The summed E-state index contributed by atoms with van der Waals surface area (Å²) >= 11 is 0. The van der Waals surface area contributed by atoms with Gasteiger partial charge in [-0.3, -0.25) is 0 Å². The number of hydrogen-bond acceptors (Lipinski definition) is 2. The van der Waals surface area contributed by atoms with E-state index >= 15 is 0 Å². The van der Waals surface area contributed by atoms with Crippen LogP contribution >= 0.6 is 0 Å². The molecule has 138 valence electrons. The molecular formula is C26H24N2. The Kier molecular flexibility index (Phi) is 6.64. The Morgan fingerprint density at radius 3 is 1.21 bits per heavy atom. The van der Waals surface area contributed by atoms with Gasteiger partial charge in [-0.05, 0) is 40.5 Å². The van der Waals surface area contributed by atoms with E-state index in [4.69, 9.17) is 11.5 Å². The van der Waals surface area contributed by atoms with Crippen LogP contribution in [0, 0.1) is 0 Å². The first-order valence-electron chi connectivity index (χ1n) is 9.21. The van der Waals surface area contributed by atoms with E-state index in [0.717, 1.165) is 0 Å². The van der Waals surface area contributed by atoms with Crippen LogP contribution in [0.5, 0.6) is 0 Å². The molecule has 0 bridgehead atoms. The van der Waals surface area contributed by atoms with E-state index in [-0.39, 0.29) is 0 Å². The van der Waals surface area contributed by atoms with Gasteiger partial charge >= 0.3 is 0 Å². The van der Waals surface area contributed by atoms with Crippen LogP contribution in [0.4, 0.5) is 11.4 Å². The molecule has 4 rings (SSSR count). The summed E-state index contributed by atoms with van der Waals surface area (Å²) in [6, 6.07) is 38.7. The summed E-state index contributed by atoms with van der Waals surface area (Å²) in [4.78, 5) is 0. The number of para-hydroxylation sites is 2. The molecule has 4 N–H and O–H groups in total. The monoisotopic (exact) mass is 364 g/mol. The molecule has 0 saturated heterocycles. The minimum Gasteiger partial charge on any atom is -0.397 e. The van der Waals surface area contributed by atoms with Gasteiger partial charge in [-0.15, -0.1) is 0 Å². The van der Waals surface area contributed by atoms with Gasteiger partial charge in [0, 0.05) is 0 Å². The third-order valence-electron chi connectivity index (χ3n) is 4.28. The maximum absolute atomic E-state index is 5.39. The molecule has 0 saturated carbocycles. The molecule has 28 heavy (non-hydrogen) atoms. The highest BCUT2D eigenvalue weighted by atomic mass is 14.7. The molecule has 2 heteroatoms. The van der Waals surface area contributed by atoms with Crippen LogP contribution in [0.2, 0.25) is 0 Å². The Bertz CT molecular complexity index is 945. The van der Waals surface area contributed by atoms with E-state index in [9.17, 15) is 0 Å². The van der Waals surface area contributed by atoms with Crippen molar-refractivity contribution >= 4 is 23.0 Å². The van der Waals surface area contributed by atoms with E-state index < -0.39 is 0 Å². The Labute approximate surface area is 166 Å². The van der Waals surface area contributed by atoms with Gasteiger partial charge in [0.2, 0.25) is 0 Å². The third-order valence-corrected chi connectivity index (χ3v) is 4.28. The van der Waals surface area contributed by atoms with Crippen molar-refractivity contribution in [1.82, 2.24) is 0 Å². The average Bonchev–Trinajstić information content (AvgIpc) is 2.77. The summed E-state index contributed by atoms with van der Waals surface area (Å²) in [6.45, 7) is 0. The van der Waals surface area contributed by atoms with Gasteiger partial charge in [0.05, 0.1) is 11.4 Å². The van der Waals surface area contributed by atoms with Crippen molar-refractivity contribution in [2.24, 2.45) is 0 Å². The first-order chi connectivity index (χ1) is 13.7. The molecule has 0 unspecified atom stereocenters. The Hall–Kier alpha value is -3.78. The SMILES string of the molecule is C(=C(c1ccccc1)c1ccccc1)c1ccccc1.Nc1ccccc1N. The predicted molar refractivity (Wildman–Crippen MR) is 122 cm³/mol. The summed E-state index contributed by atoms with van der Waals surface area (Å²) in [7, 11) is 0. The summed E-state index contributed by atoms with van der Waals surface area (Å²) in [6.07, 6.45) is 2.24. The normalized spacial score (nSPS) is 9.71. The van der Waals surface area contributed by atoms with Crippen LogP contribution in [0.3, 0.4) is 0 Å². The number of rotatable bonds is 3. The van der Waals surface area contributed by atoms with Gasteiger partial charge < -0.3 is 11.5 Å². The van der Waals surface area contributed by atoms with Crippen LogP contribution in [-0.2, 0) is 0 Å². The number of nitrogen functional groups attached to an aromatic ring is 2. The molecule has 0 aromatic heterocycles. The second kappa shape index (κ2) is 9.79. The Morgan fingerprint density at radius 2 is 0.821 bits per heavy atom. The molecule has 2 nitrogen and oxygen atoms in total. The lowest BCUT2D eigenvalue weighted by Gasteiger charge is -2.08. The van der Waals surface area contributed by atoms with Crippen molar-refractivity contribution in [2.75, 3.05) is 11.5 Å². The van der Waals surface area contributed by atoms with E-state index in [2.05, 4.69) is 91.0 Å². The molecule has 0 aliphatic heterocycles. The average molecular weight is 364 g/mol. The van der Waals surface area contributed by atoms with Gasteiger partial charge in [-0.25, -0.2) is 0 Å². The molecule has 0 radical (unpaired) electrons. The highest BCUT2D eigenvalue weighted by Crippen LogP contribution is 2.25. The van der Waals surface area contributed by atoms with Crippen molar-refractivity contribution in [2.45, 2.75) is 0 Å². The first-order valence-corrected chi connectivity index (χ1v) is 9.21. The lowest BCUT2D eigenvalue weighted by molar-refractivity contribution is 1.55. The standard InChI is InChI=1S/C20H16.C6H8N2/c1-4-10-17(11-5-1)16-20(18-12-6-2-7-13-18)19-14-8-3-9-15-19;7-5-3-1-2-4-6(5)8/h1-16H;1-4H,7-8H2. The maximum Gasteiger partial charge on any atom is 0.0547 e. The van der Waals surface area contributed by atoms with Crippen molar-refractivity contribution in [3.63, 3.8) is 0 Å². The zero-order chi connectivity index (χ0) is 19.6. The van der Waals surface area contributed by atoms with Gasteiger partial charge in [-0.2, -0.15) is 0 Å².